The zero-order chi connectivity index (χ0) is 20.8. The lowest BCUT2D eigenvalue weighted by Gasteiger charge is -2.21. The Kier molecular flexibility index (Phi) is 7.44. The number of ether oxygens (including phenoxy) is 3. The molecule has 0 aliphatic carbocycles. The van der Waals surface area contributed by atoms with Gasteiger partial charge in [0.05, 0.1) is 7.11 Å². The van der Waals surface area contributed by atoms with E-state index in [1.54, 1.807) is 0 Å². The van der Waals surface area contributed by atoms with Gasteiger partial charge in [-0.1, -0.05) is 20.8 Å². The van der Waals surface area contributed by atoms with Crippen LogP contribution in [0.4, 0.5) is 0 Å². The third-order valence-electron chi connectivity index (χ3n) is 4.78. The van der Waals surface area contributed by atoms with E-state index in [2.05, 4.69) is 0 Å². The number of rotatable bonds is 8. The van der Waals surface area contributed by atoms with Gasteiger partial charge in [-0.25, -0.2) is 0 Å². The van der Waals surface area contributed by atoms with Crippen LogP contribution in [0.25, 0.3) is 10.8 Å². The topological polar surface area (TPSA) is 61.8 Å². The Morgan fingerprint density at radius 3 is 1.68 bits per heavy atom. The van der Waals surface area contributed by atoms with Crippen LogP contribution in [0.5, 0.6) is 17.2 Å². The lowest BCUT2D eigenvalue weighted by molar-refractivity contribution is -0.135. The van der Waals surface area contributed by atoms with Gasteiger partial charge in [-0.05, 0) is 56.4 Å². The first-order valence-corrected chi connectivity index (χ1v) is 9.92. The second-order valence-corrected chi connectivity index (χ2v) is 6.95. The van der Waals surface area contributed by atoms with Gasteiger partial charge in [0.2, 0.25) is 0 Å². The molecule has 0 saturated carbocycles. The molecule has 0 bridgehead atoms. The molecule has 2 rings (SSSR count). The van der Waals surface area contributed by atoms with Gasteiger partial charge in [-0.15, -0.1) is 0 Å². The minimum Gasteiger partial charge on any atom is -0.492 e. The molecule has 28 heavy (non-hydrogen) atoms. The fraction of sp³-hybridized carbons (Fsp3) is 0.478. The highest BCUT2D eigenvalue weighted by atomic mass is 16.6. The molecule has 2 aromatic rings. The summed E-state index contributed by atoms with van der Waals surface area (Å²) in [6, 6.07) is 3.94. The van der Waals surface area contributed by atoms with E-state index in [1.165, 1.54) is 7.11 Å². The summed E-state index contributed by atoms with van der Waals surface area (Å²) in [7, 11) is 1.54. The van der Waals surface area contributed by atoms with Crippen LogP contribution in [-0.2, 0) is 16.0 Å². The van der Waals surface area contributed by atoms with E-state index in [-0.39, 0.29) is 11.9 Å². The molecular weight excluding hydrogens is 356 g/mol. The van der Waals surface area contributed by atoms with Gasteiger partial charge in [0.1, 0.15) is 5.75 Å². The van der Waals surface area contributed by atoms with Crippen molar-refractivity contribution >= 4 is 22.7 Å². The molecule has 0 unspecified atom stereocenters. The smallest absolute Gasteiger partial charge is 0.311 e. The predicted molar refractivity (Wildman–Crippen MR) is 110 cm³/mol. The first kappa shape index (κ1) is 21.7. The SMILES string of the molecule is CCCC(=O)Oc1c(CC)c(OC)c(OC(=O)CCC)c2cc(C)c(C)cc12. The van der Waals surface area contributed by atoms with E-state index >= 15 is 0 Å². The number of aryl methyl sites for hydroxylation is 2. The van der Waals surface area contributed by atoms with Gasteiger partial charge < -0.3 is 14.2 Å². The number of hydrogen-bond acceptors (Lipinski definition) is 5. The van der Waals surface area contributed by atoms with Crippen molar-refractivity contribution in [2.24, 2.45) is 0 Å². The molecule has 0 aliphatic heterocycles. The van der Waals surface area contributed by atoms with Crippen molar-refractivity contribution in [2.45, 2.75) is 66.7 Å². The van der Waals surface area contributed by atoms with E-state index in [0.29, 0.717) is 54.7 Å². The summed E-state index contributed by atoms with van der Waals surface area (Å²) >= 11 is 0. The van der Waals surface area contributed by atoms with Gasteiger partial charge >= 0.3 is 11.9 Å². The molecule has 0 amide bonds. The van der Waals surface area contributed by atoms with Gasteiger partial charge in [-0.2, -0.15) is 0 Å². The molecule has 0 atom stereocenters. The third kappa shape index (κ3) is 4.46. The van der Waals surface area contributed by atoms with Crippen LogP contribution >= 0.6 is 0 Å². The summed E-state index contributed by atoms with van der Waals surface area (Å²) in [6.45, 7) is 9.82. The van der Waals surface area contributed by atoms with Gasteiger partial charge in [0.15, 0.2) is 11.5 Å². The minimum absolute atomic E-state index is 0.283. The van der Waals surface area contributed by atoms with Gasteiger partial charge in [0.25, 0.3) is 0 Å². The van der Waals surface area contributed by atoms with Crippen LogP contribution < -0.4 is 14.2 Å². The maximum Gasteiger partial charge on any atom is 0.311 e. The molecular formula is C23H30O5. The number of fused-ring (bicyclic) bond motifs is 1. The lowest BCUT2D eigenvalue weighted by Crippen LogP contribution is -2.13. The van der Waals surface area contributed by atoms with E-state index in [0.717, 1.165) is 22.1 Å². The highest BCUT2D eigenvalue weighted by Crippen LogP contribution is 2.47. The van der Waals surface area contributed by atoms with E-state index in [9.17, 15) is 9.59 Å². The first-order valence-electron chi connectivity index (χ1n) is 9.92. The van der Waals surface area contributed by atoms with Crippen LogP contribution in [0.1, 0.15) is 63.1 Å². The van der Waals surface area contributed by atoms with Crippen molar-refractivity contribution in [3.63, 3.8) is 0 Å². The normalized spacial score (nSPS) is 10.8. The predicted octanol–water partition coefficient (Wildman–Crippen LogP) is 5.44. The lowest BCUT2D eigenvalue weighted by atomic mass is 9.96. The van der Waals surface area contributed by atoms with Crippen molar-refractivity contribution in [3.05, 3.63) is 28.8 Å². The molecule has 152 valence electrons. The Morgan fingerprint density at radius 1 is 0.786 bits per heavy atom. The Bertz CT molecular complexity index is 810. The third-order valence-corrected chi connectivity index (χ3v) is 4.78. The number of benzene rings is 2. The van der Waals surface area contributed by atoms with Crippen molar-refractivity contribution in [1.82, 2.24) is 0 Å². The fourth-order valence-electron chi connectivity index (χ4n) is 3.21. The monoisotopic (exact) mass is 386 g/mol. The van der Waals surface area contributed by atoms with Crippen LogP contribution in [0, 0.1) is 13.8 Å². The fourth-order valence-corrected chi connectivity index (χ4v) is 3.21. The number of methoxy groups -OCH3 is 1. The minimum atomic E-state index is -0.307. The Morgan fingerprint density at radius 2 is 1.25 bits per heavy atom. The Balaban J connectivity index is 2.82. The highest BCUT2D eigenvalue weighted by Gasteiger charge is 2.25. The molecule has 0 spiro atoms. The summed E-state index contributed by atoms with van der Waals surface area (Å²) in [5.41, 5.74) is 2.85. The average Bonchev–Trinajstić information content (AvgIpc) is 2.65. The summed E-state index contributed by atoms with van der Waals surface area (Å²) in [5, 5.41) is 1.46. The van der Waals surface area contributed by atoms with Crippen LogP contribution in [-0.4, -0.2) is 19.0 Å². The molecule has 0 heterocycles. The van der Waals surface area contributed by atoms with Crippen molar-refractivity contribution < 1.29 is 23.8 Å². The molecule has 2 aromatic carbocycles. The average molecular weight is 386 g/mol. The van der Waals surface area contributed by atoms with Crippen molar-refractivity contribution in [2.75, 3.05) is 7.11 Å². The quantitative estimate of drug-likeness (QED) is 0.447. The number of carbonyl (C=O) groups is 2. The first-order chi connectivity index (χ1) is 13.4. The number of carbonyl (C=O) groups excluding carboxylic acids is 2. The molecule has 0 N–H and O–H groups in total. The summed E-state index contributed by atoms with van der Waals surface area (Å²) in [5.74, 6) is 0.743. The molecule has 0 radical (unpaired) electrons. The van der Waals surface area contributed by atoms with Crippen LogP contribution in [0.15, 0.2) is 12.1 Å². The van der Waals surface area contributed by atoms with Gasteiger partial charge in [0, 0.05) is 29.2 Å². The van der Waals surface area contributed by atoms with Crippen LogP contribution in [0.3, 0.4) is 0 Å². The zero-order valence-corrected chi connectivity index (χ0v) is 17.7. The van der Waals surface area contributed by atoms with Crippen molar-refractivity contribution in [3.8, 4) is 17.2 Å². The summed E-state index contributed by atoms with van der Waals surface area (Å²) < 4.78 is 17.1. The van der Waals surface area contributed by atoms with Crippen LogP contribution in [0.2, 0.25) is 0 Å². The second-order valence-electron chi connectivity index (χ2n) is 6.95. The Hall–Kier alpha value is -2.56. The Labute approximate surface area is 167 Å². The number of hydrogen-bond donors (Lipinski definition) is 0. The van der Waals surface area contributed by atoms with E-state index in [4.69, 9.17) is 14.2 Å². The van der Waals surface area contributed by atoms with E-state index < -0.39 is 0 Å². The molecule has 0 fully saturated rings. The maximum absolute atomic E-state index is 12.3. The molecule has 0 aromatic heterocycles. The second kappa shape index (κ2) is 9.58. The summed E-state index contributed by atoms with van der Waals surface area (Å²) in [6.07, 6.45) is 2.64. The molecule has 5 heteroatoms. The molecule has 5 nitrogen and oxygen atoms in total. The maximum atomic E-state index is 12.3. The van der Waals surface area contributed by atoms with Crippen molar-refractivity contribution in [1.29, 1.82) is 0 Å². The standard InChI is InChI=1S/C23H30O5/c1-7-10-19(24)27-21-16(9-3)22(26-6)23(28-20(25)11-8-2)18-13-15(5)14(4)12-17(18)21/h12-13H,7-11H2,1-6H3. The zero-order valence-electron chi connectivity index (χ0n) is 17.7. The van der Waals surface area contributed by atoms with Gasteiger partial charge in [-0.3, -0.25) is 9.59 Å². The highest BCUT2D eigenvalue weighted by molar-refractivity contribution is 6.00. The molecule has 0 saturated heterocycles. The number of esters is 2. The van der Waals surface area contributed by atoms with E-state index in [1.807, 2.05) is 46.8 Å². The molecule has 0 aliphatic rings. The summed E-state index contributed by atoms with van der Waals surface area (Å²) in [4.78, 5) is 24.5. The largest absolute Gasteiger partial charge is 0.492 e.